The number of nitrogens with zero attached hydrogens (tertiary/aromatic N) is 2. The minimum atomic E-state index is -2.51. The Morgan fingerprint density at radius 2 is 0.933 bits per heavy atom. The van der Waals surface area contributed by atoms with E-state index in [9.17, 15) is 54.5 Å². The van der Waals surface area contributed by atoms with E-state index < -0.39 is 68.9 Å². The quantitative estimate of drug-likeness (QED) is 0.372. The number of aromatic hydroxyl groups is 2. The number of alkyl halides is 2. The Balaban J connectivity index is 0.000000807. The van der Waals surface area contributed by atoms with Crippen LogP contribution in [0.2, 0.25) is 0 Å². The summed E-state index contributed by atoms with van der Waals surface area (Å²) in [6.07, 6.45) is -2.05. The van der Waals surface area contributed by atoms with Crippen LogP contribution >= 0.6 is 0 Å². The third kappa shape index (κ3) is 9.43. The normalized spacial score (nSPS) is 19.4. The van der Waals surface area contributed by atoms with Crippen LogP contribution in [0.1, 0.15) is 22.3 Å². The summed E-state index contributed by atoms with van der Waals surface area (Å²) in [5, 5.41) is 16.3. The van der Waals surface area contributed by atoms with E-state index in [1.165, 1.54) is 12.1 Å². The molecule has 2 atom stereocenters. The predicted octanol–water partition coefficient (Wildman–Crippen LogP) is 3.09. The van der Waals surface area contributed by atoms with Crippen molar-refractivity contribution in [1.82, 2.24) is 10.7 Å². The van der Waals surface area contributed by atoms with Crippen LogP contribution in [0.3, 0.4) is 0 Å². The fourth-order valence-corrected chi connectivity index (χ4v) is 3.78. The number of halogens is 12. The number of hydrogen-bond acceptors (Lipinski definition) is 4. The Labute approximate surface area is 281 Å². The zero-order valence-electron chi connectivity index (χ0n) is 22.8. The summed E-state index contributed by atoms with van der Waals surface area (Å²) >= 11 is 0. The second-order valence-corrected chi connectivity index (χ2v) is 8.89. The molecule has 0 aliphatic heterocycles. The Morgan fingerprint density at radius 1 is 0.622 bits per heavy atom. The van der Waals surface area contributed by atoms with Crippen LogP contribution in [0.15, 0.2) is 94.4 Å². The number of phenolic OH excluding ortho intramolecular Hbond substituents is 2. The Morgan fingerprint density at radius 3 is 1.22 bits per heavy atom. The molecular formula is C28H20Cl2F10N2O2Zr. The largest absolute Gasteiger partial charge is 2.00 e. The van der Waals surface area contributed by atoms with Crippen LogP contribution in [0.5, 0.6) is 11.5 Å². The molecule has 2 aliphatic rings. The molecule has 45 heavy (non-hydrogen) atoms. The predicted molar refractivity (Wildman–Crippen MR) is 134 cm³/mol. The van der Waals surface area contributed by atoms with Crippen molar-refractivity contribution in [2.75, 3.05) is 0 Å². The van der Waals surface area contributed by atoms with Crippen molar-refractivity contribution < 1.29 is 105 Å². The minimum absolute atomic E-state index is 0. The zero-order chi connectivity index (χ0) is 31.5. The molecule has 2 aliphatic carbocycles. The van der Waals surface area contributed by atoms with Gasteiger partial charge in [-0.3, -0.25) is 0 Å². The Bertz CT molecular complexity index is 1460. The van der Waals surface area contributed by atoms with Gasteiger partial charge in [0.25, 0.3) is 0 Å². The van der Waals surface area contributed by atoms with E-state index in [1.54, 1.807) is 38.1 Å². The van der Waals surface area contributed by atoms with Gasteiger partial charge in [0.2, 0.25) is 0 Å². The fraction of sp³-hybridized carbons (Fsp3) is 0.143. The van der Waals surface area contributed by atoms with Gasteiger partial charge >= 0.3 is 26.2 Å². The molecule has 242 valence electrons. The van der Waals surface area contributed by atoms with Crippen LogP contribution in [-0.2, 0) is 26.2 Å². The van der Waals surface area contributed by atoms with E-state index >= 15 is 0 Å². The van der Waals surface area contributed by atoms with Crippen molar-refractivity contribution >= 4 is 12.2 Å². The maximum Gasteiger partial charge on any atom is 2.00 e. The monoisotopic (exact) mass is 766 g/mol. The molecule has 2 aromatic carbocycles. The zero-order valence-corrected chi connectivity index (χ0v) is 26.7. The Kier molecular flexibility index (Phi) is 16.3. The first-order valence-electron chi connectivity index (χ1n) is 11.7. The topological polar surface area (TPSA) is 46.9 Å². The van der Waals surface area contributed by atoms with E-state index in [0.717, 1.165) is 12.2 Å². The molecule has 0 heterocycles. The Hall–Kier alpha value is -3.16. The number of phenols is 2. The summed E-state index contributed by atoms with van der Waals surface area (Å²) < 4.78 is 130. The number of allylic oxidation sites excluding steroid dienone is 8. The molecule has 0 spiro atoms. The van der Waals surface area contributed by atoms with E-state index in [1.807, 2.05) is 0 Å². The molecule has 4 rings (SSSR count). The van der Waals surface area contributed by atoms with E-state index in [0.29, 0.717) is 23.3 Å². The van der Waals surface area contributed by atoms with Gasteiger partial charge in [-0.15, -0.1) is 0 Å². The van der Waals surface area contributed by atoms with Crippen molar-refractivity contribution in [3.8, 4) is 11.5 Å². The fourth-order valence-electron chi connectivity index (χ4n) is 3.78. The van der Waals surface area contributed by atoms with Crippen LogP contribution in [0, 0.1) is 13.8 Å². The molecule has 2 unspecified atom stereocenters. The molecule has 0 saturated carbocycles. The summed E-state index contributed by atoms with van der Waals surface area (Å²) in [7, 11) is 0. The summed E-state index contributed by atoms with van der Waals surface area (Å²) in [5.41, 5.74) is -2.63. The SMILES string of the molecule is Cc1cccc(C=C2C=C(N(F)F)C(F)=C(F)C2F)c1O.Cc1cccc(C=C2C=C(N(F)F)C(F)=C(F)C2F)c1O.[Cl-].[Cl-].[Zr+2]. The number of para-hydroxylation sites is 2. The maximum atomic E-state index is 13.7. The molecular weight excluding hydrogens is 748 g/mol. The van der Waals surface area contributed by atoms with Crippen molar-refractivity contribution in [2.24, 2.45) is 0 Å². The maximum absolute atomic E-state index is 13.7. The molecule has 0 aromatic heterocycles. The van der Waals surface area contributed by atoms with Crippen molar-refractivity contribution in [1.29, 1.82) is 0 Å². The van der Waals surface area contributed by atoms with E-state index in [-0.39, 0.29) is 73.6 Å². The van der Waals surface area contributed by atoms with E-state index in [2.05, 4.69) is 0 Å². The van der Waals surface area contributed by atoms with Crippen molar-refractivity contribution in [3.05, 3.63) is 117 Å². The van der Waals surface area contributed by atoms with Crippen molar-refractivity contribution in [2.45, 2.75) is 26.2 Å². The van der Waals surface area contributed by atoms with Gasteiger partial charge in [0.05, 0.1) is 0 Å². The first-order chi connectivity index (χ1) is 19.6. The van der Waals surface area contributed by atoms with Crippen LogP contribution in [0.25, 0.3) is 12.2 Å². The van der Waals surface area contributed by atoms with Gasteiger partial charge in [-0.05, 0) is 71.1 Å². The van der Waals surface area contributed by atoms with Gasteiger partial charge in [-0.1, -0.05) is 54.3 Å². The second-order valence-electron chi connectivity index (χ2n) is 8.89. The first kappa shape index (κ1) is 41.8. The average Bonchev–Trinajstić information content (AvgIpc) is 2.94. The third-order valence-electron chi connectivity index (χ3n) is 6.05. The third-order valence-corrected chi connectivity index (χ3v) is 6.05. The number of hydrogen-bond donors (Lipinski definition) is 2. The molecule has 0 fully saturated rings. The van der Waals surface area contributed by atoms with Gasteiger partial charge in [0.15, 0.2) is 35.7 Å². The summed E-state index contributed by atoms with van der Waals surface area (Å²) in [4.78, 5) is 0. The number of benzene rings is 2. The second kappa shape index (κ2) is 17.5. The van der Waals surface area contributed by atoms with Crippen LogP contribution in [0.4, 0.5) is 44.3 Å². The van der Waals surface area contributed by atoms with Crippen molar-refractivity contribution in [3.63, 3.8) is 0 Å². The smallest absolute Gasteiger partial charge is 1.00 e. The standard InChI is InChI=1S/2C14H10F5NO.2ClH.Zr/c2*1-7-3-2-4-8(14(7)21)5-9-6-10(20(18)19)12(16)13(17)11(9)15;;;/h2*2-6,11,21H,1H3;2*1H;/q;;;;+2/p-2. The molecule has 17 heteroatoms. The van der Waals surface area contributed by atoms with Gasteiger partial charge in [-0.2, -0.15) is 0 Å². The number of rotatable bonds is 4. The van der Waals surface area contributed by atoms with Crippen LogP contribution < -0.4 is 24.8 Å². The van der Waals surface area contributed by atoms with E-state index in [4.69, 9.17) is 0 Å². The molecule has 0 radical (unpaired) electrons. The van der Waals surface area contributed by atoms with Crippen LogP contribution in [-0.4, -0.2) is 33.2 Å². The molecule has 0 amide bonds. The summed E-state index contributed by atoms with van der Waals surface area (Å²) in [6, 6.07) is 9.04. The number of aryl methyl sites for hydroxylation is 2. The minimum Gasteiger partial charge on any atom is -1.00 e. The molecule has 2 aromatic rings. The summed E-state index contributed by atoms with van der Waals surface area (Å²) in [6.45, 7) is 3.16. The first-order valence-corrected chi connectivity index (χ1v) is 11.7. The van der Waals surface area contributed by atoms with Gasteiger partial charge in [0, 0.05) is 11.1 Å². The molecule has 0 bridgehead atoms. The molecule has 0 saturated heterocycles. The van der Waals surface area contributed by atoms with Gasteiger partial charge < -0.3 is 35.0 Å². The average molecular weight is 769 g/mol. The van der Waals surface area contributed by atoms with Gasteiger partial charge in [0.1, 0.15) is 22.9 Å². The molecule has 2 N–H and O–H groups in total. The van der Waals surface area contributed by atoms with Gasteiger partial charge in [-0.25, -0.2) is 26.3 Å². The summed E-state index contributed by atoms with van der Waals surface area (Å²) in [5.74, 6) is -8.13. The molecule has 4 nitrogen and oxygen atoms in total.